The average molecular weight is 199 g/mol. The number of allylic oxidation sites excluding steroid dienone is 2. The van der Waals surface area contributed by atoms with Crippen LogP contribution in [0.25, 0.3) is 0 Å². The van der Waals surface area contributed by atoms with E-state index < -0.39 is 0 Å². The predicted molar refractivity (Wildman–Crippen MR) is 49.2 cm³/mol. The number of rotatable bonds is 0. The van der Waals surface area contributed by atoms with Gasteiger partial charge < -0.3 is 10.4 Å². The molecule has 2 aliphatic rings. The van der Waals surface area contributed by atoms with Gasteiger partial charge in [0, 0.05) is 25.8 Å². The summed E-state index contributed by atoms with van der Waals surface area (Å²) in [6.45, 7) is 0.633. The minimum Gasteiger partial charge on any atom is -0.510 e. The van der Waals surface area contributed by atoms with Crippen LogP contribution < -0.4 is 5.32 Å². The molecule has 0 bridgehead atoms. The number of nitrogens with one attached hydrogen (secondary N) is 1. The third-order valence-corrected chi connectivity index (χ3v) is 3.16. The number of aliphatic hydroxyl groups is 1. The summed E-state index contributed by atoms with van der Waals surface area (Å²) in [5, 5.41) is 12.0. The fourth-order valence-electron chi connectivity index (χ4n) is 2.32. The first-order valence-electron chi connectivity index (χ1n) is 5.00. The second kappa shape index (κ2) is 3.59. The van der Waals surface area contributed by atoms with E-state index in [1.54, 1.807) is 0 Å². The Hall–Kier alpha value is -1.06. The smallest absolute Gasteiger partial charge is 0.220 e. The van der Waals surface area contributed by atoms with Crippen LogP contribution in [-0.4, -0.2) is 17.6 Å². The summed E-state index contributed by atoms with van der Waals surface area (Å²) in [5.74, 6) is -0.184. The Balaban J connectivity index is 2.14. The minimum absolute atomic E-state index is 0.0209. The zero-order valence-corrected chi connectivity index (χ0v) is 7.92. The highest BCUT2D eigenvalue weighted by molar-refractivity contribution is 5.76. The van der Waals surface area contributed by atoms with Crippen molar-refractivity contribution in [3.05, 3.63) is 11.6 Å². The van der Waals surface area contributed by atoms with Crippen molar-refractivity contribution in [2.75, 3.05) is 6.54 Å². The van der Waals surface area contributed by atoms with E-state index in [0.717, 1.165) is 6.42 Å². The van der Waals surface area contributed by atoms with Crippen LogP contribution in [0.1, 0.15) is 25.7 Å². The van der Waals surface area contributed by atoms with E-state index in [1.807, 2.05) is 0 Å². The SMILES string of the molecule is O=C1C[C@@H]2CC(O)=C(F)CC2CCN1. The highest BCUT2D eigenvalue weighted by Gasteiger charge is 2.33. The lowest BCUT2D eigenvalue weighted by atomic mass is 9.78. The molecule has 4 heteroatoms. The lowest BCUT2D eigenvalue weighted by molar-refractivity contribution is -0.121. The summed E-state index contributed by atoms with van der Waals surface area (Å²) in [6, 6.07) is 0. The molecule has 3 nitrogen and oxygen atoms in total. The van der Waals surface area contributed by atoms with E-state index in [4.69, 9.17) is 0 Å². The van der Waals surface area contributed by atoms with Gasteiger partial charge in [0.15, 0.2) is 0 Å². The van der Waals surface area contributed by atoms with Crippen molar-refractivity contribution in [1.82, 2.24) is 5.32 Å². The van der Waals surface area contributed by atoms with Crippen molar-refractivity contribution >= 4 is 5.91 Å². The molecule has 14 heavy (non-hydrogen) atoms. The Morgan fingerprint density at radius 3 is 2.86 bits per heavy atom. The number of carbonyl (C=O) groups is 1. The van der Waals surface area contributed by atoms with Gasteiger partial charge in [-0.3, -0.25) is 4.79 Å². The van der Waals surface area contributed by atoms with E-state index in [1.165, 1.54) is 0 Å². The van der Waals surface area contributed by atoms with Crippen LogP contribution in [0, 0.1) is 11.8 Å². The van der Waals surface area contributed by atoms with E-state index in [0.29, 0.717) is 25.8 Å². The molecule has 1 aliphatic carbocycles. The highest BCUT2D eigenvalue weighted by Crippen LogP contribution is 2.38. The number of carbonyl (C=O) groups excluding carboxylic acids is 1. The zero-order valence-electron chi connectivity index (χ0n) is 7.92. The quantitative estimate of drug-likeness (QED) is 0.623. The first kappa shape index (κ1) is 9.49. The lowest BCUT2D eigenvalue weighted by Gasteiger charge is -2.27. The van der Waals surface area contributed by atoms with Crippen LogP contribution in [0.2, 0.25) is 0 Å². The molecular formula is C10H14FNO2. The summed E-state index contributed by atoms with van der Waals surface area (Å²) >= 11 is 0. The largest absolute Gasteiger partial charge is 0.510 e. The summed E-state index contributed by atoms with van der Waals surface area (Å²) < 4.78 is 13.1. The molecule has 2 rings (SSSR count). The van der Waals surface area contributed by atoms with E-state index in [-0.39, 0.29) is 29.3 Å². The van der Waals surface area contributed by atoms with Crippen LogP contribution >= 0.6 is 0 Å². The van der Waals surface area contributed by atoms with Crippen LogP contribution in [-0.2, 0) is 4.79 Å². The molecule has 2 N–H and O–H groups in total. The number of hydrogen-bond donors (Lipinski definition) is 2. The van der Waals surface area contributed by atoms with Gasteiger partial charge >= 0.3 is 0 Å². The van der Waals surface area contributed by atoms with Gasteiger partial charge in [0.25, 0.3) is 0 Å². The van der Waals surface area contributed by atoms with Gasteiger partial charge in [0.2, 0.25) is 5.91 Å². The van der Waals surface area contributed by atoms with Gasteiger partial charge in [-0.05, 0) is 18.3 Å². The van der Waals surface area contributed by atoms with Crippen molar-refractivity contribution in [2.24, 2.45) is 11.8 Å². The third-order valence-electron chi connectivity index (χ3n) is 3.16. The fraction of sp³-hybridized carbons (Fsp3) is 0.700. The second-order valence-electron chi connectivity index (χ2n) is 4.12. The molecule has 0 radical (unpaired) electrons. The highest BCUT2D eigenvalue weighted by atomic mass is 19.1. The van der Waals surface area contributed by atoms with Gasteiger partial charge in [-0.15, -0.1) is 0 Å². The number of halogens is 1. The Morgan fingerprint density at radius 1 is 1.29 bits per heavy atom. The molecule has 1 aliphatic heterocycles. The van der Waals surface area contributed by atoms with E-state index >= 15 is 0 Å². The summed E-state index contributed by atoms with van der Waals surface area (Å²) in [4.78, 5) is 11.2. The van der Waals surface area contributed by atoms with Crippen molar-refractivity contribution in [3.63, 3.8) is 0 Å². The Labute approximate surface area is 82.0 Å². The molecule has 78 valence electrons. The summed E-state index contributed by atoms with van der Waals surface area (Å²) in [7, 11) is 0. The molecule has 1 unspecified atom stereocenters. The van der Waals surface area contributed by atoms with Gasteiger partial charge in [0.05, 0.1) is 0 Å². The van der Waals surface area contributed by atoms with Crippen molar-refractivity contribution in [1.29, 1.82) is 0 Å². The Morgan fingerprint density at radius 2 is 2.07 bits per heavy atom. The molecule has 0 spiro atoms. The third kappa shape index (κ3) is 1.74. The molecule has 0 aromatic rings. The molecule has 0 aromatic carbocycles. The topological polar surface area (TPSA) is 49.3 Å². The molecule has 1 saturated heterocycles. The number of fused-ring (bicyclic) bond motifs is 1. The predicted octanol–water partition coefficient (Wildman–Crippen LogP) is 1.66. The molecule has 1 fully saturated rings. The van der Waals surface area contributed by atoms with Crippen LogP contribution in [0.4, 0.5) is 4.39 Å². The van der Waals surface area contributed by atoms with Gasteiger partial charge in [0.1, 0.15) is 11.6 Å². The van der Waals surface area contributed by atoms with Crippen molar-refractivity contribution < 1.29 is 14.3 Å². The number of hydrogen-bond acceptors (Lipinski definition) is 2. The second-order valence-corrected chi connectivity index (χ2v) is 4.12. The molecule has 2 atom stereocenters. The maximum absolute atomic E-state index is 13.1. The van der Waals surface area contributed by atoms with E-state index in [2.05, 4.69) is 5.32 Å². The van der Waals surface area contributed by atoms with Gasteiger partial charge in [-0.1, -0.05) is 0 Å². The molecular weight excluding hydrogens is 185 g/mol. The average Bonchev–Trinajstić information content (AvgIpc) is 2.28. The fourth-order valence-corrected chi connectivity index (χ4v) is 2.32. The Kier molecular flexibility index (Phi) is 2.44. The normalized spacial score (nSPS) is 33.4. The van der Waals surface area contributed by atoms with Crippen molar-refractivity contribution in [2.45, 2.75) is 25.7 Å². The molecule has 1 heterocycles. The maximum atomic E-state index is 13.1. The van der Waals surface area contributed by atoms with Gasteiger partial charge in [-0.2, -0.15) is 0 Å². The summed E-state index contributed by atoms with van der Waals surface area (Å²) in [6.07, 6.45) is 1.86. The van der Waals surface area contributed by atoms with Crippen LogP contribution in [0.3, 0.4) is 0 Å². The Bertz CT molecular complexity index is 288. The maximum Gasteiger partial charge on any atom is 0.220 e. The number of aliphatic hydroxyl groups excluding tert-OH is 1. The summed E-state index contributed by atoms with van der Waals surface area (Å²) in [5.41, 5.74) is 0. The molecule has 0 saturated carbocycles. The standard InChI is InChI=1S/C10H14FNO2/c11-8-3-6-1-2-12-10(14)5-7(6)4-9(8)13/h6-7,13H,1-5H2,(H,12,14)/t6?,7-/m0/s1. The van der Waals surface area contributed by atoms with Gasteiger partial charge in [-0.25, -0.2) is 4.39 Å². The molecule has 0 aromatic heterocycles. The number of amides is 1. The van der Waals surface area contributed by atoms with Crippen molar-refractivity contribution in [3.8, 4) is 0 Å². The van der Waals surface area contributed by atoms with Crippen LogP contribution in [0.5, 0.6) is 0 Å². The zero-order chi connectivity index (χ0) is 10.1. The first-order valence-corrected chi connectivity index (χ1v) is 5.00. The van der Waals surface area contributed by atoms with E-state index in [9.17, 15) is 14.3 Å². The molecule has 1 amide bonds. The first-order chi connectivity index (χ1) is 6.66. The minimum atomic E-state index is -0.388. The monoisotopic (exact) mass is 199 g/mol. The van der Waals surface area contributed by atoms with Crippen LogP contribution in [0.15, 0.2) is 11.6 Å². The lowest BCUT2D eigenvalue weighted by Crippen LogP contribution is -2.23.